The number of ether oxygens (including phenoxy) is 1. The van der Waals surface area contributed by atoms with Crippen LogP contribution in [0.4, 0.5) is 4.79 Å². The number of hydrogen-bond donors (Lipinski definition) is 2. The first-order valence-corrected chi connectivity index (χ1v) is 3.54. The number of carbonyl (C=O) groups excluding carboxylic acids is 1. The highest BCUT2D eigenvalue weighted by atomic mass is 16.6. The van der Waals surface area contributed by atoms with E-state index in [-0.39, 0.29) is 18.2 Å². The summed E-state index contributed by atoms with van der Waals surface area (Å²) in [6.07, 6.45) is 0.788. The molecule has 0 spiro atoms. The van der Waals surface area contributed by atoms with Crippen molar-refractivity contribution in [1.82, 2.24) is 10.6 Å². The Kier molecular flexibility index (Phi) is 1.27. The summed E-state index contributed by atoms with van der Waals surface area (Å²) in [5, 5.41) is 5.91. The van der Waals surface area contributed by atoms with Crippen molar-refractivity contribution in [3.63, 3.8) is 0 Å². The monoisotopic (exact) mass is 142 g/mol. The summed E-state index contributed by atoms with van der Waals surface area (Å²) in [6, 6.07) is 0.258. The Bertz CT molecular complexity index is 144. The van der Waals surface area contributed by atoms with E-state index in [1.807, 2.05) is 0 Å². The maximum Gasteiger partial charge on any atom is 0.407 e. The fraction of sp³-hybridized carbons (Fsp3) is 0.833. The van der Waals surface area contributed by atoms with Gasteiger partial charge in [0.25, 0.3) is 0 Å². The van der Waals surface area contributed by atoms with Crippen LogP contribution >= 0.6 is 0 Å². The molecule has 2 fully saturated rings. The smallest absolute Gasteiger partial charge is 0.407 e. The average molecular weight is 142 g/mol. The molecule has 0 aliphatic carbocycles. The molecule has 2 saturated heterocycles. The largest absolute Gasteiger partial charge is 0.443 e. The summed E-state index contributed by atoms with van der Waals surface area (Å²) in [5.41, 5.74) is 0. The highest BCUT2D eigenvalue weighted by molar-refractivity contribution is 5.70. The minimum Gasteiger partial charge on any atom is -0.443 e. The maximum absolute atomic E-state index is 10.6. The second-order valence-corrected chi connectivity index (χ2v) is 2.69. The zero-order chi connectivity index (χ0) is 6.97. The van der Waals surface area contributed by atoms with E-state index in [9.17, 15) is 4.79 Å². The molecule has 2 aliphatic rings. The lowest BCUT2D eigenvalue weighted by atomic mass is 10.1. The molecule has 0 radical (unpaired) electrons. The Hall–Kier alpha value is -0.770. The molecular weight excluding hydrogens is 132 g/mol. The van der Waals surface area contributed by atoms with Gasteiger partial charge in [0.05, 0.1) is 6.04 Å². The van der Waals surface area contributed by atoms with Gasteiger partial charge in [-0.3, -0.25) is 0 Å². The lowest BCUT2D eigenvalue weighted by molar-refractivity contribution is 0.121. The molecule has 2 atom stereocenters. The molecule has 2 rings (SSSR count). The summed E-state index contributed by atoms with van der Waals surface area (Å²) in [4.78, 5) is 10.6. The van der Waals surface area contributed by atoms with E-state index in [0.29, 0.717) is 0 Å². The summed E-state index contributed by atoms with van der Waals surface area (Å²) in [6.45, 7) is 1.77. The molecule has 1 amide bonds. The second-order valence-electron chi connectivity index (χ2n) is 2.69. The summed E-state index contributed by atoms with van der Waals surface area (Å²) in [7, 11) is 0. The van der Waals surface area contributed by atoms with Gasteiger partial charge in [-0.05, 0) is 13.0 Å². The first kappa shape index (κ1) is 5.97. The van der Waals surface area contributed by atoms with Crippen molar-refractivity contribution in [3.8, 4) is 0 Å². The minimum absolute atomic E-state index is 0.0706. The molecular formula is C6H10N2O2. The topological polar surface area (TPSA) is 50.4 Å². The van der Waals surface area contributed by atoms with Crippen LogP contribution in [0.1, 0.15) is 6.42 Å². The quantitative estimate of drug-likeness (QED) is 0.477. The normalized spacial score (nSPS) is 38.2. The molecule has 56 valence electrons. The van der Waals surface area contributed by atoms with Crippen molar-refractivity contribution in [1.29, 1.82) is 0 Å². The number of amides is 1. The molecule has 0 bridgehead atoms. The van der Waals surface area contributed by atoms with Crippen LogP contribution in [0.5, 0.6) is 0 Å². The fourth-order valence-electron chi connectivity index (χ4n) is 1.44. The Morgan fingerprint density at radius 3 is 3.30 bits per heavy atom. The lowest BCUT2D eigenvalue weighted by Gasteiger charge is -2.22. The van der Waals surface area contributed by atoms with Crippen LogP contribution in [0, 0.1) is 0 Å². The average Bonchev–Trinajstić information content (AvgIpc) is 2.27. The lowest BCUT2D eigenvalue weighted by Crippen LogP contribution is -2.45. The molecule has 0 aromatic rings. The highest BCUT2D eigenvalue weighted by Crippen LogP contribution is 2.13. The third kappa shape index (κ3) is 0.844. The highest BCUT2D eigenvalue weighted by Gasteiger charge is 2.35. The zero-order valence-electron chi connectivity index (χ0n) is 5.59. The van der Waals surface area contributed by atoms with Gasteiger partial charge in [0.2, 0.25) is 0 Å². The van der Waals surface area contributed by atoms with E-state index in [1.165, 1.54) is 0 Å². The molecule has 0 aromatic carbocycles. The Balaban J connectivity index is 2.04. The van der Waals surface area contributed by atoms with Crippen LogP contribution in [-0.4, -0.2) is 31.3 Å². The summed E-state index contributed by atoms with van der Waals surface area (Å²) >= 11 is 0. The van der Waals surface area contributed by atoms with Crippen LogP contribution in [-0.2, 0) is 4.74 Å². The van der Waals surface area contributed by atoms with Crippen LogP contribution in [0.25, 0.3) is 0 Å². The first-order valence-electron chi connectivity index (χ1n) is 3.54. The molecule has 0 unspecified atom stereocenters. The molecule has 4 nitrogen and oxygen atoms in total. The first-order chi connectivity index (χ1) is 4.86. The van der Waals surface area contributed by atoms with Crippen LogP contribution in [0.3, 0.4) is 0 Å². The van der Waals surface area contributed by atoms with Crippen molar-refractivity contribution in [2.45, 2.75) is 18.6 Å². The maximum atomic E-state index is 10.6. The Morgan fingerprint density at radius 2 is 2.50 bits per heavy atom. The number of piperidine rings is 1. The fourth-order valence-corrected chi connectivity index (χ4v) is 1.44. The van der Waals surface area contributed by atoms with E-state index >= 15 is 0 Å². The number of hydrogen-bond acceptors (Lipinski definition) is 3. The van der Waals surface area contributed by atoms with E-state index in [2.05, 4.69) is 10.6 Å². The number of carbonyl (C=O) groups is 1. The second kappa shape index (κ2) is 2.12. The predicted molar refractivity (Wildman–Crippen MR) is 34.7 cm³/mol. The van der Waals surface area contributed by atoms with Gasteiger partial charge < -0.3 is 15.4 Å². The van der Waals surface area contributed by atoms with E-state index in [0.717, 1.165) is 19.5 Å². The molecule has 10 heavy (non-hydrogen) atoms. The molecule has 0 aromatic heterocycles. The van der Waals surface area contributed by atoms with Crippen molar-refractivity contribution in [2.24, 2.45) is 0 Å². The van der Waals surface area contributed by atoms with Gasteiger partial charge in [-0.2, -0.15) is 0 Å². The van der Waals surface area contributed by atoms with Gasteiger partial charge in [-0.1, -0.05) is 0 Å². The van der Waals surface area contributed by atoms with E-state index < -0.39 is 0 Å². The Labute approximate surface area is 58.9 Å². The standard InChI is InChI=1S/C6H10N2O2/c9-6-8-4-1-2-7-3-5(4)10-6/h4-5,7H,1-3H2,(H,8,9)/t4-,5+/m1/s1. The van der Waals surface area contributed by atoms with Gasteiger partial charge in [0, 0.05) is 6.54 Å². The molecule has 2 N–H and O–H groups in total. The van der Waals surface area contributed by atoms with Gasteiger partial charge in [0.15, 0.2) is 0 Å². The SMILES string of the molecule is O=C1N[C@@H]2CCNC[C@@H]2O1. The third-order valence-electron chi connectivity index (χ3n) is 1.99. The molecule has 2 aliphatic heterocycles. The van der Waals surface area contributed by atoms with Gasteiger partial charge >= 0.3 is 6.09 Å². The van der Waals surface area contributed by atoms with Crippen molar-refractivity contribution in [3.05, 3.63) is 0 Å². The van der Waals surface area contributed by atoms with Crippen molar-refractivity contribution in [2.75, 3.05) is 13.1 Å². The van der Waals surface area contributed by atoms with Crippen LogP contribution < -0.4 is 10.6 Å². The van der Waals surface area contributed by atoms with E-state index in [1.54, 1.807) is 0 Å². The number of fused-ring (bicyclic) bond motifs is 1. The minimum atomic E-state index is -0.265. The van der Waals surface area contributed by atoms with E-state index in [4.69, 9.17) is 4.74 Å². The number of nitrogens with one attached hydrogen (secondary N) is 2. The van der Waals surface area contributed by atoms with Gasteiger partial charge in [-0.25, -0.2) is 4.79 Å². The van der Waals surface area contributed by atoms with Crippen molar-refractivity contribution < 1.29 is 9.53 Å². The predicted octanol–water partition coefficient (Wildman–Crippen LogP) is -0.543. The van der Waals surface area contributed by atoms with Crippen molar-refractivity contribution >= 4 is 6.09 Å². The van der Waals surface area contributed by atoms with Crippen LogP contribution in [0.2, 0.25) is 0 Å². The summed E-state index contributed by atoms with van der Waals surface area (Å²) in [5.74, 6) is 0. The van der Waals surface area contributed by atoms with Gasteiger partial charge in [-0.15, -0.1) is 0 Å². The number of rotatable bonds is 0. The summed E-state index contributed by atoms with van der Waals surface area (Å²) < 4.78 is 4.95. The Morgan fingerprint density at radius 1 is 1.60 bits per heavy atom. The molecule has 2 heterocycles. The van der Waals surface area contributed by atoms with Crippen LogP contribution in [0.15, 0.2) is 0 Å². The zero-order valence-corrected chi connectivity index (χ0v) is 5.59. The molecule has 0 saturated carbocycles. The van der Waals surface area contributed by atoms with Gasteiger partial charge in [0.1, 0.15) is 6.10 Å². The molecule has 4 heteroatoms. The number of alkyl carbamates (subject to hydrolysis) is 1. The third-order valence-corrected chi connectivity index (χ3v) is 1.99.